The van der Waals surface area contributed by atoms with Crippen molar-refractivity contribution in [2.45, 2.75) is 38.6 Å². The summed E-state index contributed by atoms with van der Waals surface area (Å²) >= 11 is 6.23. The Morgan fingerprint density at radius 3 is 2.89 bits per heavy atom. The van der Waals surface area contributed by atoms with Gasteiger partial charge in [-0.3, -0.25) is 0 Å². The van der Waals surface area contributed by atoms with Crippen molar-refractivity contribution >= 4 is 17.7 Å². The highest BCUT2D eigenvalue weighted by atomic mass is 35.5. The van der Waals surface area contributed by atoms with Crippen molar-refractivity contribution in [3.8, 4) is 5.75 Å². The highest BCUT2D eigenvalue weighted by Gasteiger charge is 2.19. The molecular formula is C14H16ClNO2. The second kappa shape index (κ2) is 6.03. The van der Waals surface area contributed by atoms with E-state index in [1.807, 2.05) is 6.07 Å². The summed E-state index contributed by atoms with van der Waals surface area (Å²) in [6.45, 7) is 0.301. The lowest BCUT2D eigenvalue weighted by molar-refractivity contribution is 0.409. The maximum atomic E-state index is 10.3. The molecule has 1 aromatic carbocycles. The van der Waals surface area contributed by atoms with Gasteiger partial charge < -0.3 is 4.74 Å². The van der Waals surface area contributed by atoms with Crippen molar-refractivity contribution in [3.63, 3.8) is 0 Å². The predicted octanol–water partition coefficient (Wildman–Crippen LogP) is 3.45. The molecule has 0 aliphatic heterocycles. The van der Waals surface area contributed by atoms with Gasteiger partial charge in [0.15, 0.2) is 0 Å². The van der Waals surface area contributed by atoms with Gasteiger partial charge in [-0.1, -0.05) is 18.0 Å². The average molecular weight is 266 g/mol. The fourth-order valence-corrected chi connectivity index (χ4v) is 2.93. The Labute approximate surface area is 112 Å². The molecule has 0 heterocycles. The first-order valence-electron chi connectivity index (χ1n) is 6.18. The first-order valence-corrected chi connectivity index (χ1v) is 6.56. The van der Waals surface area contributed by atoms with Gasteiger partial charge in [0.25, 0.3) is 0 Å². The predicted molar refractivity (Wildman–Crippen MR) is 71.1 cm³/mol. The molecule has 2 rings (SSSR count). The number of methoxy groups -OCH3 is 1. The van der Waals surface area contributed by atoms with Gasteiger partial charge in [-0.05, 0) is 42.9 Å². The second-order valence-corrected chi connectivity index (χ2v) is 4.88. The van der Waals surface area contributed by atoms with Crippen LogP contribution in [0.25, 0.3) is 0 Å². The van der Waals surface area contributed by atoms with Crippen LogP contribution in [0.1, 0.15) is 36.0 Å². The van der Waals surface area contributed by atoms with E-state index in [9.17, 15) is 4.79 Å². The Kier molecular flexibility index (Phi) is 4.40. The van der Waals surface area contributed by atoms with Crippen LogP contribution in [-0.2, 0) is 24.2 Å². The van der Waals surface area contributed by atoms with Gasteiger partial charge in [-0.2, -0.15) is 0 Å². The van der Waals surface area contributed by atoms with E-state index < -0.39 is 0 Å². The monoisotopic (exact) mass is 265 g/mol. The first kappa shape index (κ1) is 13.1. The van der Waals surface area contributed by atoms with Crippen LogP contribution >= 0.6 is 11.6 Å². The zero-order chi connectivity index (χ0) is 13.0. The maximum absolute atomic E-state index is 10.3. The normalized spacial score (nSPS) is 14.3. The lowest BCUT2D eigenvalue weighted by atomic mass is 9.96. The molecule has 18 heavy (non-hydrogen) atoms. The Bertz CT molecular complexity index is 493. The molecular weight excluding hydrogens is 250 g/mol. The molecule has 0 saturated heterocycles. The number of aliphatic imine (C=N–C) groups is 1. The van der Waals surface area contributed by atoms with Crippen molar-refractivity contribution in [1.82, 2.24) is 0 Å². The van der Waals surface area contributed by atoms with Crippen LogP contribution in [0.5, 0.6) is 5.75 Å². The van der Waals surface area contributed by atoms with Gasteiger partial charge in [0.2, 0.25) is 6.08 Å². The molecule has 0 N–H and O–H groups in total. The van der Waals surface area contributed by atoms with Gasteiger partial charge in [0, 0.05) is 5.56 Å². The van der Waals surface area contributed by atoms with Crippen LogP contribution in [-0.4, -0.2) is 13.2 Å². The number of aryl methyl sites for hydroxylation is 1. The molecule has 0 spiro atoms. The Morgan fingerprint density at radius 1 is 1.39 bits per heavy atom. The van der Waals surface area contributed by atoms with E-state index in [4.69, 9.17) is 16.3 Å². The number of halogens is 1. The highest BCUT2D eigenvalue weighted by Crippen LogP contribution is 2.37. The summed E-state index contributed by atoms with van der Waals surface area (Å²) in [6, 6.07) is 2.00. The first-order chi connectivity index (χ1) is 8.77. The molecule has 0 amide bonds. The van der Waals surface area contributed by atoms with E-state index in [1.165, 1.54) is 24.0 Å². The molecule has 1 aliphatic carbocycles. The third kappa shape index (κ3) is 2.58. The standard InChI is InChI=1S/C14H16ClNO2/c1-18-14-12(8-16-9-17)11-6-4-2-3-5-10(11)7-13(14)15/h7H,2-6,8H2,1H3. The molecule has 96 valence electrons. The van der Waals surface area contributed by atoms with Crippen molar-refractivity contribution in [1.29, 1.82) is 0 Å². The van der Waals surface area contributed by atoms with Gasteiger partial charge in [-0.15, -0.1) is 0 Å². The summed E-state index contributed by atoms with van der Waals surface area (Å²) in [7, 11) is 1.60. The van der Waals surface area contributed by atoms with Crippen LogP contribution in [0.15, 0.2) is 11.1 Å². The number of rotatable bonds is 3. The Hall–Kier alpha value is -1.31. The molecule has 1 aromatic rings. The van der Waals surface area contributed by atoms with Gasteiger partial charge in [-0.25, -0.2) is 9.79 Å². The van der Waals surface area contributed by atoms with Crippen molar-refractivity contribution in [3.05, 3.63) is 27.8 Å². The van der Waals surface area contributed by atoms with E-state index in [0.717, 1.165) is 24.8 Å². The molecule has 0 unspecified atom stereocenters. The smallest absolute Gasteiger partial charge is 0.235 e. The number of carbonyl (C=O) groups excluding carboxylic acids is 1. The van der Waals surface area contributed by atoms with Crippen molar-refractivity contribution in [2.24, 2.45) is 4.99 Å². The van der Waals surface area contributed by atoms with Gasteiger partial charge >= 0.3 is 0 Å². The number of nitrogens with zero attached hydrogens (tertiary/aromatic N) is 1. The largest absolute Gasteiger partial charge is 0.495 e. The number of isocyanates is 1. The van der Waals surface area contributed by atoms with Gasteiger partial charge in [0.1, 0.15) is 5.75 Å². The molecule has 0 radical (unpaired) electrons. The number of hydrogen-bond acceptors (Lipinski definition) is 3. The third-order valence-corrected chi connectivity index (χ3v) is 3.70. The highest BCUT2D eigenvalue weighted by molar-refractivity contribution is 6.32. The molecule has 1 aliphatic rings. The molecule has 0 fully saturated rings. The summed E-state index contributed by atoms with van der Waals surface area (Å²) < 4.78 is 5.36. The van der Waals surface area contributed by atoms with Crippen LogP contribution in [0.4, 0.5) is 0 Å². The molecule has 0 saturated carbocycles. The average Bonchev–Trinajstić information content (AvgIpc) is 2.60. The fourth-order valence-electron chi connectivity index (χ4n) is 2.61. The minimum absolute atomic E-state index is 0.301. The molecule has 4 heteroatoms. The van der Waals surface area contributed by atoms with E-state index in [2.05, 4.69) is 4.99 Å². The van der Waals surface area contributed by atoms with E-state index in [0.29, 0.717) is 17.3 Å². The third-order valence-electron chi connectivity index (χ3n) is 3.42. The fraction of sp³-hybridized carbons (Fsp3) is 0.500. The van der Waals surface area contributed by atoms with E-state index in [-0.39, 0.29) is 0 Å². The minimum atomic E-state index is 0.301. The molecule has 0 atom stereocenters. The summed E-state index contributed by atoms with van der Waals surface area (Å²) in [5.41, 5.74) is 3.48. The Balaban J connectivity index is 2.56. The second-order valence-electron chi connectivity index (χ2n) is 4.48. The quantitative estimate of drug-likeness (QED) is 0.477. The number of ether oxygens (including phenoxy) is 1. The van der Waals surface area contributed by atoms with Gasteiger partial charge in [0.05, 0.1) is 18.7 Å². The summed E-state index contributed by atoms with van der Waals surface area (Å²) in [5, 5.41) is 0.606. The number of benzene rings is 1. The molecule has 0 aromatic heterocycles. The minimum Gasteiger partial charge on any atom is -0.495 e. The maximum Gasteiger partial charge on any atom is 0.235 e. The lowest BCUT2D eigenvalue weighted by Crippen LogP contribution is -2.02. The molecule has 0 bridgehead atoms. The van der Waals surface area contributed by atoms with Crippen LogP contribution in [0.3, 0.4) is 0 Å². The summed E-state index contributed by atoms with van der Waals surface area (Å²) in [4.78, 5) is 14.0. The zero-order valence-electron chi connectivity index (χ0n) is 10.5. The van der Waals surface area contributed by atoms with Crippen LogP contribution < -0.4 is 4.74 Å². The van der Waals surface area contributed by atoms with E-state index in [1.54, 1.807) is 13.2 Å². The SMILES string of the molecule is COc1c(Cl)cc2c(c1CN=C=O)CCCCC2. The van der Waals surface area contributed by atoms with Crippen molar-refractivity contribution < 1.29 is 9.53 Å². The number of hydrogen-bond donors (Lipinski definition) is 0. The zero-order valence-corrected chi connectivity index (χ0v) is 11.2. The van der Waals surface area contributed by atoms with Crippen LogP contribution in [0.2, 0.25) is 5.02 Å². The topological polar surface area (TPSA) is 38.7 Å². The lowest BCUT2D eigenvalue weighted by Gasteiger charge is -2.16. The van der Waals surface area contributed by atoms with Crippen LogP contribution in [0, 0.1) is 0 Å². The van der Waals surface area contributed by atoms with Crippen molar-refractivity contribution in [2.75, 3.05) is 7.11 Å². The summed E-state index contributed by atoms with van der Waals surface area (Å²) in [5.74, 6) is 0.649. The number of fused-ring (bicyclic) bond motifs is 1. The van der Waals surface area contributed by atoms with E-state index >= 15 is 0 Å². The Morgan fingerprint density at radius 2 is 2.17 bits per heavy atom. The molecule has 3 nitrogen and oxygen atoms in total. The summed E-state index contributed by atoms with van der Waals surface area (Å²) in [6.07, 6.45) is 7.21.